The van der Waals surface area contributed by atoms with Crippen LogP contribution in [0, 0.1) is 6.92 Å². The molecule has 1 aliphatic heterocycles. The molecule has 0 spiro atoms. The molecule has 0 bridgehead atoms. The highest BCUT2D eigenvalue weighted by molar-refractivity contribution is 7.64. The quantitative estimate of drug-likeness (QED) is 0.754. The average molecular weight is 389 g/mol. The van der Waals surface area contributed by atoms with Crippen molar-refractivity contribution in [2.45, 2.75) is 6.92 Å². The molecule has 1 saturated heterocycles. The van der Waals surface area contributed by atoms with Crippen molar-refractivity contribution >= 4 is 39.8 Å². The molecular weight excluding hydrogens is 371 g/mol. The Morgan fingerprint density at radius 2 is 2.04 bits per heavy atom. The fraction of sp³-hybridized carbons (Fsp3) is 0.400. The first kappa shape index (κ1) is 19.1. The number of aryl methyl sites for hydroxylation is 1. The van der Waals surface area contributed by atoms with E-state index in [-0.39, 0.29) is 0 Å². The van der Waals surface area contributed by atoms with Gasteiger partial charge in [-0.05, 0) is 25.1 Å². The molecular formula is C15H18Cl2N4O2S. The number of nitrogens with zero attached hydrogens (tertiary/aromatic N) is 4. The summed E-state index contributed by atoms with van der Waals surface area (Å²) in [5, 5.41) is 6.78. The smallest absolute Gasteiger partial charge is 0.138 e. The first-order valence-electron chi connectivity index (χ1n) is 7.34. The molecule has 130 valence electrons. The van der Waals surface area contributed by atoms with Crippen molar-refractivity contribution in [3.63, 3.8) is 0 Å². The van der Waals surface area contributed by atoms with Crippen molar-refractivity contribution < 1.29 is 8.95 Å². The SMILES string of the molecule is Cc1ncnn1-c1ccc(Cl)c(Cl)c1.O=S=CCN1CCOCC1. The second-order valence-electron chi connectivity index (χ2n) is 4.99. The maximum absolute atomic E-state index is 9.98. The summed E-state index contributed by atoms with van der Waals surface area (Å²) >= 11 is 12.2. The lowest BCUT2D eigenvalue weighted by molar-refractivity contribution is 0.0459. The summed E-state index contributed by atoms with van der Waals surface area (Å²) in [7, 11) is 0. The summed E-state index contributed by atoms with van der Waals surface area (Å²) in [4.78, 5) is 6.22. The summed E-state index contributed by atoms with van der Waals surface area (Å²) in [5.41, 5.74) is 0.856. The van der Waals surface area contributed by atoms with Gasteiger partial charge in [-0.3, -0.25) is 4.90 Å². The van der Waals surface area contributed by atoms with Crippen LogP contribution in [-0.2, 0) is 16.0 Å². The highest BCUT2D eigenvalue weighted by Crippen LogP contribution is 2.24. The largest absolute Gasteiger partial charge is 0.379 e. The molecule has 0 aliphatic carbocycles. The topological polar surface area (TPSA) is 60.2 Å². The van der Waals surface area contributed by atoms with Crippen LogP contribution in [0.25, 0.3) is 5.69 Å². The predicted octanol–water partition coefficient (Wildman–Crippen LogP) is 2.22. The molecule has 1 fully saturated rings. The number of aromatic nitrogens is 3. The van der Waals surface area contributed by atoms with Gasteiger partial charge in [0.2, 0.25) is 0 Å². The van der Waals surface area contributed by atoms with E-state index < -0.39 is 0 Å². The van der Waals surface area contributed by atoms with E-state index in [4.69, 9.17) is 27.9 Å². The molecule has 1 aromatic heterocycles. The Morgan fingerprint density at radius 1 is 1.29 bits per heavy atom. The molecule has 3 rings (SSSR count). The van der Waals surface area contributed by atoms with Gasteiger partial charge in [-0.25, -0.2) is 13.9 Å². The van der Waals surface area contributed by atoms with Gasteiger partial charge in [0.25, 0.3) is 0 Å². The summed E-state index contributed by atoms with van der Waals surface area (Å²) in [6, 6.07) is 5.34. The number of rotatable bonds is 3. The van der Waals surface area contributed by atoms with Crippen molar-refractivity contribution in [3.05, 3.63) is 40.4 Å². The predicted molar refractivity (Wildman–Crippen MR) is 97.6 cm³/mol. The van der Waals surface area contributed by atoms with Gasteiger partial charge in [-0.15, -0.1) is 0 Å². The van der Waals surface area contributed by atoms with Gasteiger partial charge in [0.15, 0.2) is 0 Å². The molecule has 0 atom stereocenters. The lowest BCUT2D eigenvalue weighted by Crippen LogP contribution is -2.37. The van der Waals surface area contributed by atoms with Crippen LogP contribution in [-0.4, -0.2) is 62.1 Å². The highest BCUT2D eigenvalue weighted by Gasteiger charge is 2.07. The third-order valence-corrected chi connectivity index (χ3v) is 4.39. The zero-order valence-corrected chi connectivity index (χ0v) is 15.5. The number of ether oxygens (including phenoxy) is 1. The van der Waals surface area contributed by atoms with Crippen LogP contribution in [0.4, 0.5) is 0 Å². The molecule has 2 heterocycles. The monoisotopic (exact) mass is 388 g/mol. The van der Waals surface area contributed by atoms with Crippen LogP contribution >= 0.6 is 23.2 Å². The Kier molecular flexibility index (Phi) is 7.87. The minimum atomic E-state index is 0.513. The number of hydrogen-bond acceptors (Lipinski definition) is 5. The van der Waals surface area contributed by atoms with Crippen molar-refractivity contribution in [2.24, 2.45) is 0 Å². The van der Waals surface area contributed by atoms with Gasteiger partial charge < -0.3 is 4.74 Å². The van der Waals surface area contributed by atoms with Crippen LogP contribution in [0.1, 0.15) is 5.82 Å². The van der Waals surface area contributed by atoms with Gasteiger partial charge in [0.05, 0.1) is 40.2 Å². The molecule has 2 aromatic rings. The molecule has 9 heteroatoms. The Labute approximate surface area is 154 Å². The van der Waals surface area contributed by atoms with Gasteiger partial charge in [-0.2, -0.15) is 5.10 Å². The van der Waals surface area contributed by atoms with E-state index in [0.29, 0.717) is 21.3 Å². The van der Waals surface area contributed by atoms with Crippen LogP contribution in [0.5, 0.6) is 0 Å². The summed E-state index contributed by atoms with van der Waals surface area (Å²) in [6.45, 7) is 6.18. The number of halogens is 2. The maximum Gasteiger partial charge on any atom is 0.138 e. The van der Waals surface area contributed by atoms with Gasteiger partial charge in [0.1, 0.15) is 12.2 Å². The molecule has 1 aliphatic rings. The van der Waals surface area contributed by atoms with Crippen molar-refractivity contribution in [1.82, 2.24) is 19.7 Å². The summed E-state index contributed by atoms with van der Waals surface area (Å²) < 4.78 is 16.8. The maximum atomic E-state index is 9.98. The van der Waals surface area contributed by atoms with E-state index in [0.717, 1.165) is 44.4 Å². The third-order valence-electron chi connectivity index (χ3n) is 3.37. The standard InChI is InChI=1S/C9H7Cl2N3.C6H11NO2S/c1-6-12-5-13-14(6)7-2-3-8(10)9(11)4-7;8-10-6-3-7-1-4-9-5-2-7/h2-5H,1H3;6H,1-5H2. The normalized spacial score (nSPS) is 14.6. The fourth-order valence-corrected chi connectivity index (χ4v) is 2.65. The molecule has 0 amide bonds. The van der Waals surface area contributed by atoms with E-state index in [1.807, 2.05) is 13.0 Å². The summed E-state index contributed by atoms with van der Waals surface area (Å²) in [5.74, 6) is 0.809. The summed E-state index contributed by atoms with van der Waals surface area (Å²) in [6.07, 6.45) is 1.50. The minimum Gasteiger partial charge on any atom is -0.379 e. The lowest BCUT2D eigenvalue weighted by atomic mass is 10.3. The van der Waals surface area contributed by atoms with E-state index in [9.17, 15) is 4.21 Å². The van der Waals surface area contributed by atoms with E-state index in [1.165, 1.54) is 6.33 Å². The lowest BCUT2D eigenvalue weighted by Gasteiger charge is -2.24. The molecule has 0 saturated carbocycles. The molecule has 0 N–H and O–H groups in total. The fourth-order valence-electron chi connectivity index (χ4n) is 2.09. The number of morpholine rings is 1. The molecule has 24 heavy (non-hydrogen) atoms. The zero-order valence-electron chi connectivity index (χ0n) is 13.2. The van der Waals surface area contributed by atoms with Crippen LogP contribution in [0.3, 0.4) is 0 Å². The first-order chi connectivity index (χ1) is 11.6. The van der Waals surface area contributed by atoms with E-state index in [1.54, 1.807) is 22.2 Å². The van der Waals surface area contributed by atoms with Crippen molar-refractivity contribution in [2.75, 3.05) is 32.8 Å². The average Bonchev–Trinajstić information content (AvgIpc) is 3.03. The third kappa shape index (κ3) is 5.68. The van der Waals surface area contributed by atoms with Crippen molar-refractivity contribution in [1.29, 1.82) is 0 Å². The van der Waals surface area contributed by atoms with Crippen LogP contribution < -0.4 is 0 Å². The second kappa shape index (κ2) is 9.90. The highest BCUT2D eigenvalue weighted by atomic mass is 35.5. The van der Waals surface area contributed by atoms with Gasteiger partial charge in [0, 0.05) is 25.0 Å². The molecule has 0 radical (unpaired) electrons. The van der Waals surface area contributed by atoms with E-state index >= 15 is 0 Å². The molecule has 0 unspecified atom stereocenters. The molecule has 1 aromatic carbocycles. The Bertz CT molecular complexity index is 713. The minimum absolute atomic E-state index is 0.513. The Balaban J connectivity index is 0.000000185. The number of hydrogen-bond donors (Lipinski definition) is 0. The van der Waals surface area contributed by atoms with Crippen LogP contribution in [0.15, 0.2) is 24.5 Å². The van der Waals surface area contributed by atoms with E-state index in [2.05, 4.69) is 15.0 Å². The number of benzene rings is 1. The zero-order chi connectivity index (χ0) is 17.4. The Morgan fingerprint density at radius 3 is 2.62 bits per heavy atom. The van der Waals surface area contributed by atoms with Crippen molar-refractivity contribution in [3.8, 4) is 5.69 Å². The molecule has 6 nitrogen and oxygen atoms in total. The van der Waals surface area contributed by atoms with Gasteiger partial charge >= 0.3 is 0 Å². The van der Waals surface area contributed by atoms with Crippen LogP contribution in [0.2, 0.25) is 10.0 Å². The Hall–Kier alpha value is -1.25. The van der Waals surface area contributed by atoms with Gasteiger partial charge in [-0.1, -0.05) is 23.2 Å². The first-order valence-corrected chi connectivity index (χ1v) is 8.90. The second-order valence-corrected chi connectivity index (χ2v) is 6.33.